The van der Waals surface area contributed by atoms with E-state index in [-0.39, 0.29) is 47.1 Å². The molecule has 12 nitrogen and oxygen atoms in total. The van der Waals surface area contributed by atoms with Gasteiger partial charge in [0.15, 0.2) is 12.3 Å². The van der Waals surface area contributed by atoms with Gasteiger partial charge >= 0.3 is 5.97 Å². The summed E-state index contributed by atoms with van der Waals surface area (Å²) < 4.78 is 31.6. The summed E-state index contributed by atoms with van der Waals surface area (Å²) in [5, 5.41) is 22.3. The molecule has 2 heterocycles. The first-order chi connectivity index (χ1) is 20.0. The van der Waals surface area contributed by atoms with Gasteiger partial charge in [0.25, 0.3) is 11.8 Å². The Labute approximate surface area is 253 Å². The van der Waals surface area contributed by atoms with Crippen molar-refractivity contribution in [3.63, 3.8) is 0 Å². The number of halogens is 2. The first-order valence-corrected chi connectivity index (χ1v) is 13.6. The molecule has 43 heavy (non-hydrogen) atoms. The van der Waals surface area contributed by atoms with Crippen LogP contribution < -0.4 is 15.4 Å². The second-order valence-corrected chi connectivity index (χ2v) is 10.3. The smallest absolute Gasteiger partial charge is 0.341 e. The van der Waals surface area contributed by atoms with Gasteiger partial charge in [-0.2, -0.15) is 9.97 Å². The van der Waals surface area contributed by atoms with Gasteiger partial charge in [-0.3, -0.25) is 10.1 Å². The van der Waals surface area contributed by atoms with Crippen molar-refractivity contribution in [2.45, 2.75) is 59.2 Å². The number of aliphatic carboxylic acids is 1. The van der Waals surface area contributed by atoms with Gasteiger partial charge < -0.3 is 24.2 Å². The summed E-state index contributed by atoms with van der Waals surface area (Å²) in [5.74, 6) is -0.844. The third-order valence-electron chi connectivity index (χ3n) is 6.14. The minimum absolute atomic E-state index is 0. The third kappa shape index (κ3) is 8.36. The number of ether oxygens (including phenoxy) is 1. The number of benzene rings is 2. The zero-order valence-corrected chi connectivity index (χ0v) is 25.1. The fraction of sp³-hybridized carbons (Fsp3) is 0.379. The number of hydrogen-bond acceptors (Lipinski definition) is 10. The standard InChI is InChI=1S/C29H33FN6O6.ClH/c1-6-22(40-19-10-7-17(8-11-19)23-33-27(16(4)5)41-35-23)28-34-24(36-42-28)18-9-12-20(21(30)13-18)26(37)32-25(29(38)39)31-14-15(2)3;/h7-13,15-16,22,25,31H,6,14H2,1-5H3,(H,32,37)(H,38,39);1H. The van der Waals surface area contributed by atoms with Crippen LogP contribution in [0.3, 0.4) is 0 Å². The maximum Gasteiger partial charge on any atom is 0.341 e. The van der Waals surface area contributed by atoms with Gasteiger partial charge in [0.05, 0.1) is 5.56 Å². The summed E-state index contributed by atoms with van der Waals surface area (Å²) in [6, 6.07) is 10.9. The highest BCUT2D eigenvalue weighted by atomic mass is 35.5. The van der Waals surface area contributed by atoms with Gasteiger partial charge in [-0.25, -0.2) is 9.18 Å². The lowest BCUT2D eigenvalue weighted by atomic mass is 10.1. The van der Waals surface area contributed by atoms with Crippen molar-refractivity contribution in [2.75, 3.05) is 6.54 Å². The number of nitrogens with zero attached hydrogens (tertiary/aromatic N) is 4. The number of amides is 1. The minimum atomic E-state index is -1.36. The van der Waals surface area contributed by atoms with Crippen molar-refractivity contribution in [2.24, 2.45) is 5.92 Å². The highest BCUT2D eigenvalue weighted by molar-refractivity contribution is 5.97. The molecular formula is C29H34ClFN6O6. The average molecular weight is 617 g/mol. The lowest BCUT2D eigenvalue weighted by Gasteiger charge is -2.17. The molecule has 0 saturated heterocycles. The second kappa shape index (κ2) is 14.7. The lowest BCUT2D eigenvalue weighted by Crippen LogP contribution is -2.51. The Morgan fingerprint density at radius 1 is 0.953 bits per heavy atom. The predicted molar refractivity (Wildman–Crippen MR) is 156 cm³/mol. The number of carbonyl (C=O) groups is 2. The zero-order chi connectivity index (χ0) is 30.4. The van der Waals surface area contributed by atoms with Gasteiger partial charge in [-0.15, -0.1) is 12.4 Å². The number of aromatic nitrogens is 4. The second-order valence-electron chi connectivity index (χ2n) is 10.3. The van der Waals surface area contributed by atoms with Crippen molar-refractivity contribution < 1.29 is 32.9 Å². The number of carbonyl (C=O) groups excluding carboxylic acids is 1. The molecule has 230 valence electrons. The molecule has 3 N–H and O–H groups in total. The van der Waals surface area contributed by atoms with E-state index >= 15 is 0 Å². The first kappa shape index (κ1) is 33.1. The van der Waals surface area contributed by atoms with E-state index < -0.39 is 30.0 Å². The molecule has 2 aromatic carbocycles. The first-order valence-electron chi connectivity index (χ1n) is 13.6. The molecule has 4 rings (SSSR count). The van der Waals surface area contributed by atoms with E-state index in [1.807, 2.05) is 46.8 Å². The minimum Gasteiger partial charge on any atom is -0.481 e. The van der Waals surface area contributed by atoms with Gasteiger partial charge in [0, 0.05) is 17.0 Å². The van der Waals surface area contributed by atoms with Crippen LogP contribution in [0.5, 0.6) is 5.75 Å². The van der Waals surface area contributed by atoms with E-state index in [4.69, 9.17) is 13.8 Å². The van der Waals surface area contributed by atoms with Crippen LogP contribution in [0, 0.1) is 11.7 Å². The summed E-state index contributed by atoms with van der Waals surface area (Å²) in [7, 11) is 0. The Kier molecular flexibility index (Phi) is 11.3. The largest absolute Gasteiger partial charge is 0.481 e. The van der Waals surface area contributed by atoms with Crippen molar-refractivity contribution >= 4 is 24.3 Å². The third-order valence-corrected chi connectivity index (χ3v) is 6.14. The molecule has 2 atom stereocenters. The number of rotatable bonds is 13. The lowest BCUT2D eigenvalue weighted by molar-refractivity contribution is -0.140. The van der Waals surface area contributed by atoms with Crippen LogP contribution in [0.15, 0.2) is 51.5 Å². The van der Waals surface area contributed by atoms with Crippen molar-refractivity contribution in [1.82, 2.24) is 30.9 Å². The van der Waals surface area contributed by atoms with Crippen molar-refractivity contribution in [3.8, 4) is 28.5 Å². The molecule has 0 fully saturated rings. The Morgan fingerprint density at radius 2 is 1.56 bits per heavy atom. The van der Waals surface area contributed by atoms with Crippen LogP contribution in [0.2, 0.25) is 0 Å². The van der Waals surface area contributed by atoms with Crippen LogP contribution in [0.4, 0.5) is 4.39 Å². The van der Waals surface area contributed by atoms with E-state index in [2.05, 4.69) is 30.9 Å². The number of carboxylic acids is 1. The molecule has 0 aliphatic heterocycles. The fourth-order valence-electron chi connectivity index (χ4n) is 3.83. The number of nitrogens with one attached hydrogen (secondary N) is 2. The normalized spacial score (nSPS) is 12.6. The van der Waals surface area contributed by atoms with E-state index in [1.165, 1.54) is 12.1 Å². The monoisotopic (exact) mass is 616 g/mol. The molecule has 2 aromatic heterocycles. The molecule has 0 bridgehead atoms. The zero-order valence-electron chi connectivity index (χ0n) is 24.3. The molecular weight excluding hydrogens is 583 g/mol. The molecule has 1 amide bonds. The molecule has 0 saturated carbocycles. The molecule has 4 aromatic rings. The fourth-order valence-corrected chi connectivity index (χ4v) is 3.83. The Hall–Kier alpha value is -4.36. The van der Waals surface area contributed by atoms with E-state index in [0.717, 1.165) is 11.6 Å². The SMILES string of the molecule is CCC(Oc1ccc(-c2noc(C(C)C)n2)cc1)c1nc(-c2ccc(C(=O)NC(NCC(C)C)C(=O)O)c(F)c2)no1.Cl. The summed E-state index contributed by atoms with van der Waals surface area (Å²) >= 11 is 0. The summed E-state index contributed by atoms with van der Waals surface area (Å²) in [6.45, 7) is 9.97. The Bertz CT molecular complexity index is 1520. The van der Waals surface area contributed by atoms with Gasteiger partial charge in [-0.05, 0) is 55.3 Å². The highest BCUT2D eigenvalue weighted by Crippen LogP contribution is 2.28. The van der Waals surface area contributed by atoms with Gasteiger partial charge in [0.2, 0.25) is 17.5 Å². The van der Waals surface area contributed by atoms with E-state index in [0.29, 0.717) is 30.4 Å². The Balaban J connectivity index is 0.00000506. The van der Waals surface area contributed by atoms with Crippen LogP contribution >= 0.6 is 12.4 Å². The van der Waals surface area contributed by atoms with E-state index in [9.17, 15) is 19.1 Å². The topological polar surface area (TPSA) is 166 Å². The molecule has 0 spiro atoms. The number of carboxylic acid groups (broad SMARTS) is 1. The summed E-state index contributed by atoms with van der Waals surface area (Å²) in [6.07, 6.45) is -1.43. The van der Waals surface area contributed by atoms with Gasteiger partial charge in [-0.1, -0.05) is 51.0 Å². The number of hydrogen-bond donors (Lipinski definition) is 3. The molecule has 0 aliphatic rings. The van der Waals surface area contributed by atoms with Crippen LogP contribution in [0.25, 0.3) is 22.8 Å². The molecule has 2 unspecified atom stereocenters. The molecule has 0 radical (unpaired) electrons. The summed E-state index contributed by atoms with van der Waals surface area (Å²) in [4.78, 5) is 32.8. The van der Waals surface area contributed by atoms with Crippen LogP contribution in [-0.2, 0) is 4.79 Å². The quantitative estimate of drug-likeness (QED) is 0.165. The highest BCUT2D eigenvalue weighted by Gasteiger charge is 2.24. The predicted octanol–water partition coefficient (Wildman–Crippen LogP) is 5.39. The van der Waals surface area contributed by atoms with Gasteiger partial charge in [0.1, 0.15) is 11.6 Å². The van der Waals surface area contributed by atoms with Crippen LogP contribution in [-0.4, -0.2) is 50.0 Å². The summed E-state index contributed by atoms with van der Waals surface area (Å²) in [5.41, 5.74) is 0.724. The maximum atomic E-state index is 14.9. The van der Waals surface area contributed by atoms with Crippen LogP contribution in [0.1, 0.15) is 75.2 Å². The van der Waals surface area contributed by atoms with Crippen molar-refractivity contribution in [3.05, 3.63) is 65.6 Å². The van der Waals surface area contributed by atoms with Crippen molar-refractivity contribution in [1.29, 1.82) is 0 Å². The maximum absolute atomic E-state index is 14.9. The molecule has 14 heteroatoms. The Morgan fingerprint density at radius 3 is 2.12 bits per heavy atom. The van der Waals surface area contributed by atoms with E-state index in [1.54, 1.807) is 12.1 Å². The average Bonchev–Trinajstić information content (AvgIpc) is 3.65. The molecule has 0 aliphatic carbocycles.